The van der Waals surface area contributed by atoms with Crippen LogP contribution in [0.15, 0.2) is 23.1 Å². The maximum Gasteiger partial charge on any atom is 0.335 e. The fraction of sp³-hybridized carbons (Fsp3) is 0.417. The fourth-order valence-electron chi connectivity index (χ4n) is 2.22. The molecule has 110 valence electrons. The molecular weight excluding hydrogens is 304 g/mol. The van der Waals surface area contributed by atoms with Crippen LogP contribution >= 0.6 is 0 Å². The van der Waals surface area contributed by atoms with E-state index < -0.39 is 36.6 Å². The Hall–Kier alpha value is -1.41. The third-order valence-electron chi connectivity index (χ3n) is 3.37. The molecule has 0 amide bonds. The summed E-state index contributed by atoms with van der Waals surface area (Å²) in [5.41, 5.74) is 0.286. The van der Waals surface area contributed by atoms with Gasteiger partial charge in [0.2, 0.25) is 0 Å². The number of sulfone groups is 2. The minimum Gasteiger partial charge on any atom is -0.478 e. The van der Waals surface area contributed by atoms with E-state index >= 15 is 0 Å². The van der Waals surface area contributed by atoms with Crippen LogP contribution in [0.4, 0.5) is 0 Å². The number of rotatable bonds is 3. The first-order valence-electron chi connectivity index (χ1n) is 5.92. The fourth-order valence-corrected chi connectivity index (χ4v) is 6.85. The summed E-state index contributed by atoms with van der Waals surface area (Å²) >= 11 is 0. The third-order valence-corrected chi connectivity index (χ3v) is 7.68. The lowest BCUT2D eigenvalue weighted by Crippen LogP contribution is -2.23. The Morgan fingerprint density at radius 3 is 2.50 bits per heavy atom. The maximum absolute atomic E-state index is 12.5. The lowest BCUT2D eigenvalue weighted by Gasteiger charge is -2.13. The van der Waals surface area contributed by atoms with Gasteiger partial charge in [-0.15, -0.1) is 0 Å². The van der Waals surface area contributed by atoms with Crippen LogP contribution in [0, 0.1) is 6.92 Å². The summed E-state index contributed by atoms with van der Waals surface area (Å²) < 4.78 is 47.8. The van der Waals surface area contributed by atoms with Crippen LogP contribution < -0.4 is 0 Å². The molecule has 0 spiro atoms. The number of hydrogen-bond acceptors (Lipinski definition) is 5. The summed E-state index contributed by atoms with van der Waals surface area (Å²) in [5, 5.41) is 7.93. The van der Waals surface area contributed by atoms with Gasteiger partial charge in [-0.2, -0.15) is 0 Å². The number of carboxylic acids is 1. The molecule has 1 fully saturated rings. The number of hydrogen-bond donors (Lipinski definition) is 1. The minimum atomic E-state index is -3.84. The molecule has 2 rings (SSSR count). The topological polar surface area (TPSA) is 106 Å². The van der Waals surface area contributed by atoms with Crippen molar-refractivity contribution in [1.82, 2.24) is 0 Å². The predicted octanol–water partition coefficient (Wildman–Crippen LogP) is 0.654. The molecular formula is C12H14O6S2. The van der Waals surface area contributed by atoms with Crippen molar-refractivity contribution in [2.75, 3.05) is 11.5 Å². The molecule has 1 atom stereocenters. The SMILES string of the molecule is Cc1ccc(C(=O)O)cc1S(=O)(=O)C1CCS(=O)(=O)C1. The molecule has 1 unspecified atom stereocenters. The van der Waals surface area contributed by atoms with Crippen molar-refractivity contribution in [3.05, 3.63) is 29.3 Å². The van der Waals surface area contributed by atoms with Crippen molar-refractivity contribution < 1.29 is 26.7 Å². The average Bonchev–Trinajstić information content (AvgIpc) is 2.70. The van der Waals surface area contributed by atoms with Crippen molar-refractivity contribution in [3.63, 3.8) is 0 Å². The van der Waals surface area contributed by atoms with Crippen LogP contribution in [-0.2, 0) is 19.7 Å². The molecule has 1 aromatic carbocycles. The summed E-state index contributed by atoms with van der Waals surface area (Å²) in [4.78, 5) is 10.8. The average molecular weight is 318 g/mol. The van der Waals surface area contributed by atoms with Crippen molar-refractivity contribution in [3.8, 4) is 0 Å². The molecule has 0 aromatic heterocycles. The van der Waals surface area contributed by atoms with Gasteiger partial charge in [0, 0.05) is 0 Å². The first kappa shape index (κ1) is 15.0. The highest BCUT2D eigenvalue weighted by Crippen LogP contribution is 2.28. The van der Waals surface area contributed by atoms with Crippen LogP contribution in [0.3, 0.4) is 0 Å². The zero-order chi connectivity index (χ0) is 15.1. The Balaban J connectivity index is 2.50. The summed E-state index contributed by atoms with van der Waals surface area (Å²) in [7, 11) is -7.16. The van der Waals surface area contributed by atoms with Gasteiger partial charge in [-0.05, 0) is 31.0 Å². The van der Waals surface area contributed by atoms with E-state index in [1.807, 2.05) is 0 Å². The van der Waals surface area contributed by atoms with Gasteiger partial charge in [-0.25, -0.2) is 21.6 Å². The van der Waals surface area contributed by atoms with E-state index in [0.29, 0.717) is 5.56 Å². The Morgan fingerprint density at radius 1 is 1.35 bits per heavy atom. The molecule has 1 saturated heterocycles. The Labute approximate surface area is 117 Å². The van der Waals surface area contributed by atoms with Gasteiger partial charge in [0.05, 0.1) is 27.2 Å². The molecule has 1 aromatic rings. The van der Waals surface area contributed by atoms with Crippen molar-refractivity contribution in [2.45, 2.75) is 23.5 Å². The Kier molecular flexibility index (Phi) is 3.64. The van der Waals surface area contributed by atoms with Crippen LogP contribution in [0.5, 0.6) is 0 Å². The van der Waals surface area contributed by atoms with Gasteiger partial charge in [0.15, 0.2) is 19.7 Å². The van der Waals surface area contributed by atoms with Crippen molar-refractivity contribution in [2.24, 2.45) is 0 Å². The smallest absolute Gasteiger partial charge is 0.335 e. The lowest BCUT2D eigenvalue weighted by atomic mass is 10.1. The van der Waals surface area contributed by atoms with Gasteiger partial charge in [-0.3, -0.25) is 0 Å². The number of aromatic carboxylic acids is 1. The molecule has 8 heteroatoms. The number of aryl methyl sites for hydroxylation is 1. The Morgan fingerprint density at radius 2 is 2.00 bits per heavy atom. The van der Waals surface area contributed by atoms with Crippen LogP contribution in [0.1, 0.15) is 22.3 Å². The number of carbonyl (C=O) groups is 1. The summed E-state index contributed by atoms with van der Waals surface area (Å²) in [6, 6.07) is 3.83. The van der Waals surface area contributed by atoms with Gasteiger partial charge in [0.25, 0.3) is 0 Å². The van der Waals surface area contributed by atoms with Gasteiger partial charge in [-0.1, -0.05) is 6.07 Å². The Bertz CT molecular complexity index is 761. The summed E-state index contributed by atoms with van der Waals surface area (Å²) in [6.07, 6.45) is 0.0570. The van der Waals surface area contributed by atoms with E-state index in [1.165, 1.54) is 12.1 Å². The first-order chi connectivity index (χ1) is 9.13. The van der Waals surface area contributed by atoms with E-state index in [9.17, 15) is 21.6 Å². The second kappa shape index (κ2) is 4.85. The van der Waals surface area contributed by atoms with E-state index in [4.69, 9.17) is 5.11 Å². The van der Waals surface area contributed by atoms with Gasteiger partial charge >= 0.3 is 5.97 Å². The molecule has 1 aliphatic heterocycles. The monoisotopic (exact) mass is 318 g/mol. The predicted molar refractivity (Wildman–Crippen MR) is 72.4 cm³/mol. The number of benzene rings is 1. The van der Waals surface area contributed by atoms with Crippen LogP contribution in [0.25, 0.3) is 0 Å². The first-order valence-corrected chi connectivity index (χ1v) is 9.28. The molecule has 0 saturated carbocycles. The van der Waals surface area contributed by atoms with E-state index in [2.05, 4.69) is 0 Å². The number of carboxylic acid groups (broad SMARTS) is 1. The molecule has 1 N–H and O–H groups in total. The quantitative estimate of drug-likeness (QED) is 0.877. The molecule has 1 aliphatic rings. The van der Waals surface area contributed by atoms with Crippen LogP contribution in [0.2, 0.25) is 0 Å². The molecule has 0 radical (unpaired) electrons. The summed E-state index contributed by atoms with van der Waals surface area (Å²) in [5.74, 6) is -1.76. The molecule has 0 bridgehead atoms. The maximum atomic E-state index is 12.5. The minimum absolute atomic E-state index is 0.0570. The molecule has 6 nitrogen and oxygen atoms in total. The molecule has 0 aliphatic carbocycles. The second-order valence-electron chi connectivity index (χ2n) is 4.86. The van der Waals surface area contributed by atoms with Crippen molar-refractivity contribution in [1.29, 1.82) is 0 Å². The van der Waals surface area contributed by atoms with Gasteiger partial charge < -0.3 is 5.11 Å². The largest absolute Gasteiger partial charge is 0.478 e. The third kappa shape index (κ3) is 2.71. The van der Waals surface area contributed by atoms with Crippen LogP contribution in [-0.4, -0.2) is 44.7 Å². The van der Waals surface area contributed by atoms with E-state index in [1.54, 1.807) is 6.92 Å². The van der Waals surface area contributed by atoms with Gasteiger partial charge in [0.1, 0.15) is 0 Å². The highest BCUT2D eigenvalue weighted by Gasteiger charge is 2.38. The normalized spacial score (nSPS) is 21.8. The van der Waals surface area contributed by atoms with E-state index in [-0.39, 0.29) is 22.6 Å². The van der Waals surface area contributed by atoms with Crippen molar-refractivity contribution >= 4 is 25.6 Å². The van der Waals surface area contributed by atoms with E-state index in [0.717, 1.165) is 6.07 Å². The summed E-state index contributed by atoms with van der Waals surface area (Å²) in [6.45, 7) is 1.56. The molecule has 1 heterocycles. The lowest BCUT2D eigenvalue weighted by molar-refractivity contribution is 0.0696. The standard InChI is InChI=1S/C12H14O6S2/c1-8-2-3-9(12(13)14)6-11(8)20(17,18)10-4-5-19(15,16)7-10/h2-3,6,10H,4-5,7H2,1H3,(H,13,14). The highest BCUT2D eigenvalue weighted by atomic mass is 32.2. The second-order valence-corrected chi connectivity index (χ2v) is 9.28. The highest BCUT2D eigenvalue weighted by molar-refractivity contribution is 7.96. The zero-order valence-electron chi connectivity index (χ0n) is 10.7. The zero-order valence-corrected chi connectivity index (χ0v) is 12.4. The molecule has 20 heavy (non-hydrogen) atoms.